The topological polar surface area (TPSA) is 107 Å². The minimum absolute atomic E-state index is 0.0949. The Morgan fingerprint density at radius 1 is 1.21 bits per heavy atom. The van der Waals surface area contributed by atoms with E-state index in [4.69, 9.17) is 32.4 Å². The third kappa shape index (κ3) is 4.74. The molecule has 29 heavy (non-hydrogen) atoms. The number of rotatable bonds is 6. The molecule has 3 aromatic rings. The maximum absolute atomic E-state index is 12.1. The SMILES string of the molecule is COc1cc([N+](=O)[O-])ccc1-c1ccc(/C=N\NC(=O)c2ccc(Cl)cc2Cl)o1. The second kappa shape index (κ2) is 8.76. The van der Waals surface area contributed by atoms with Crippen molar-refractivity contribution in [3.8, 4) is 17.1 Å². The number of hydrogen-bond donors (Lipinski definition) is 1. The average molecular weight is 434 g/mol. The van der Waals surface area contributed by atoms with Crippen molar-refractivity contribution >= 4 is 41.0 Å². The van der Waals surface area contributed by atoms with Crippen LogP contribution in [0.2, 0.25) is 10.0 Å². The van der Waals surface area contributed by atoms with Crippen molar-refractivity contribution in [1.29, 1.82) is 0 Å². The van der Waals surface area contributed by atoms with Gasteiger partial charge in [0.05, 0.1) is 40.5 Å². The third-order valence-corrected chi connectivity index (χ3v) is 4.37. The van der Waals surface area contributed by atoms with Crippen LogP contribution in [0.25, 0.3) is 11.3 Å². The maximum Gasteiger partial charge on any atom is 0.273 e. The van der Waals surface area contributed by atoms with Crippen molar-refractivity contribution in [3.63, 3.8) is 0 Å². The normalized spacial score (nSPS) is 10.9. The summed E-state index contributed by atoms with van der Waals surface area (Å²) in [6, 6.07) is 12.0. The molecule has 0 aliphatic heterocycles. The molecule has 8 nitrogen and oxygen atoms in total. The number of ether oxygens (including phenoxy) is 1. The zero-order valence-corrected chi connectivity index (χ0v) is 16.4. The number of amides is 1. The quantitative estimate of drug-likeness (QED) is 0.336. The van der Waals surface area contributed by atoms with Crippen LogP contribution in [0, 0.1) is 10.1 Å². The van der Waals surface area contributed by atoms with Crippen LogP contribution in [0.1, 0.15) is 16.1 Å². The van der Waals surface area contributed by atoms with Gasteiger partial charge in [0, 0.05) is 11.1 Å². The Balaban J connectivity index is 1.73. The van der Waals surface area contributed by atoms with E-state index in [0.29, 0.717) is 27.9 Å². The fourth-order valence-electron chi connectivity index (χ4n) is 2.45. The van der Waals surface area contributed by atoms with E-state index in [1.807, 2.05) is 0 Å². The van der Waals surface area contributed by atoms with Crippen molar-refractivity contribution in [1.82, 2.24) is 5.43 Å². The molecule has 1 N–H and O–H groups in total. The molecule has 1 aromatic heterocycles. The third-order valence-electron chi connectivity index (χ3n) is 3.82. The summed E-state index contributed by atoms with van der Waals surface area (Å²) in [7, 11) is 1.41. The number of furan rings is 1. The first-order chi connectivity index (χ1) is 13.9. The van der Waals surface area contributed by atoms with Crippen LogP contribution in [-0.4, -0.2) is 24.2 Å². The maximum atomic E-state index is 12.1. The molecule has 0 bridgehead atoms. The van der Waals surface area contributed by atoms with Gasteiger partial charge in [0.15, 0.2) is 0 Å². The number of hydrazone groups is 1. The molecule has 10 heteroatoms. The van der Waals surface area contributed by atoms with Crippen molar-refractivity contribution in [2.24, 2.45) is 5.10 Å². The van der Waals surface area contributed by atoms with Gasteiger partial charge in [-0.15, -0.1) is 0 Å². The predicted molar refractivity (Wildman–Crippen MR) is 109 cm³/mol. The van der Waals surface area contributed by atoms with Gasteiger partial charge in [-0.05, 0) is 36.4 Å². The van der Waals surface area contributed by atoms with E-state index in [1.165, 1.54) is 43.7 Å². The molecular formula is C19H13Cl2N3O5. The summed E-state index contributed by atoms with van der Waals surface area (Å²) in [5, 5.41) is 15.4. The highest BCUT2D eigenvalue weighted by atomic mass is 35.5. The molecular weight excluding hydrogens is 421 g/mol. The minimum atomic E-state index is -0.512. The van der Waals surface area contributed by atoms with E-state index in [9.17, 15) is 14.9 Å². The Morgan fingerprint density at radius 2 is 2.00 bits per heavy atom. The molecule has 3 rings (SSSR count). The zero-order chi connectivity index (χ0) is 21.0. The first-order valence-electron chi connectivity index (χ1n) is 8.10. The molecule has 0 saturated carbocycles. The molecule has 0 unspecified atom stereocenters. The van der Waals surface area contributed by atoms with Gasteiger partial charge in [-0.2, -0.15) is 5.10 Å². The Bertz CT molecular complexity index is 1110. The van der Waals surface area contributed by atoms with E-state index < -0.39 is 10.8 Å². The molecule has 0 atom stereocenters. The smallest absolute Gasteiger partial charge is 0.273 e. The number of nitro groups is 1. The average Bonchev–Trinajstić information content (AvgIpc) is 3.15. The minimum Gasteiger partial charge on any atom is -0.496 e. The number of nitro benzene ring substituents is 1. The molecule has 0 fully saturated rings. The lowest BCUT2D eigenvalue weighted by molar-refractivity contribution is -0.384. The molecule has 148 valence electrons. The van der Waals surface area contributed by atoms with Crippen LogP contribution >= 0.6 is 23.2 Å². The van der Waals surface area contributed by atoms with Gasteiger partial charge in [-0.25, -0.2) is 5.43 Å². The Kier molecular flexibility index (Phi) is 6.16. The number of benzene rings is 2. The van der Waals surface area contributed by atoms with Gasteiger partial charge < -0.3 is 9.15 Å². The lowest BCUT2D eigenvalue weighted by Gasteiger charge is -2.05. The fourth-order valence-corrected chi connectivity index (χ4v) is 2.95. The molecule has 0 aliphatic rings. The van der Waals surface area contributed by atoms with E-state index in [1.54, 1.807) is 18.2 Å². The second-order valence-electron chi connectivity index (χ2n) is 5.67. The molecule has 1 amide bonds. The first kappa shape index (κ1) is 20.4. The first-order valence-corrected chi connectivity index (χ1v) is 8.85. The highest BCUT2D eigenvalue weighted by molar-refractivity contribution is 6.36. The van der Waals surface area contributed by atoms with Crippen LogP contribution in [0.3, 0.4) is 0 Å². The van der Waals surface area contributed by atoms with Gasteiger partial charge in [-0.3, -0.25) is 14.9 Å². The van der Waals surface area contributed by atoms with E-state index in [0.717, 1.165) is 0 Å². The predicted octanol–water partition coefficient (Wildman–Crippen LogP) is 4.93. The second-order valence-corrected chi connectivity index (χ2v) is 6.51. The van der Waals surface area contributed by atoms with Gasteiger partial charge in [0.1, 0.15) is 17.3 Å². The lowest BCUT2D eigenvalue weighted by Crippen LogP contribution is -2.17. The number of non-ortho nitro benzene ring substituents is 1. The molecule has 0 spiro atoms. The summed E-state index contributed by atoms with van der Waals surface area (Å²) < 4.78 is 10.8. The molecule has 0 saturated heterocycles. The highest BCUT2D eigenvalue weighted by Gasteiger charge is 2.15. The number of nitrogens with one attached hydrogen (secondary N) is 1. The van der Waals surface area contributed by atoms with Crippen LogP contribution < -0.4 is 10.2 Å². The van der Waals surface area contributed by atoms with Crippen molar-refractivity contribution in [2.75, 3.05) is 7.11 Å². The Morgan fingerprint density at radius 3 is 2.69 bits per heavy atom. The van der Waals surface area contributed by atoms with E-state index >= 15 is 0 Å². The number of methoxy groups -OCH3 is 1. The number of halogens is 2. The number of carbonyl (C=O) groups excluding carboxylic acids is 1. The number of nitrogens with zero attached hydrogens (tertiary/aromatic N) is 2. The van der Waals surface area contributed by atoms with Crippen molar-refractivity contribution < 1.29 is 18.9 Å². The van der Waals surface area contributed by atoms with Gasteiger partial charge in [0.25, 0.3) is 11.6 Å². The molecule has 0 radical (unpaired) electrons. The zero-order valence-electron chi connectivity index (χ0n) is 14.9. The summed E-state index contributed by atoms with van der Waals surface area (Å²) in [5.74, 6) is 0.558. The molecule has 1 heterocycles. The standard InChI is InChI=1S/C19H13Cl2N3O5/c1-28-18-9-12(24(26)27)3-6-15(18)17-7-4-13(29-17)10-22-23-19(25)14-5-2-11(20)8-16(14)21/h2-10H,1H3,(H,23,25)/b22-10-. The number of carbonyl (C=O) groups is 1. The largest absolute Gasteiger partial charge is 0.496 e. The Labute approximate surface area is 174 Å². The van der Waals surface area contributed by atoms with Gasteiger partial charge in [-0.1, -0.05) is 23.2 Å². The fraction of sp³-hybridized carbons (Fsp3) is 0.0526. The number of hydrogen-bond acceptors (Lipinski definition) is 6. The summed E-state index contributed by atoms with van der Waals surface area (Å²) in [6.07, 6.45) is 1.31. The van der Waals surface area contributed by atoms with Gasteiger partial charge in [0.2, 0.25) is 0 Å². The summed E-state index contributed by atoms with van der Waals surface area (Å²) in [6.45, 7) is 0. The van der Waals surface area contributed by atoms with Crippen LogP contribution in [0.15, 0.2) is 58.0 Å². The van der Waals surface area contributed by atoms with Crippen molar-refractivity contribution in [3.05, 3.63) is 80.0 Å². The van der Waals surface area contributed by atoms with Gasteiger partial charge >= 0.3 is 0 Å². The monoisotopic (exact) mass is 433 g/mol. The van der Waals surface area contributed by atoms with Crippen LogP contribution in [-0.2, 0) is 0 Å². The van der Waals surface area contributed by atoms with E-state index in [-0.39, 0.29) is 16.3 Å². The lowest BCUT2D eigenvalue weighted by atomic mass is 10.1. The molecule has 0 aliphatic carbocycles. The summed E-state index contributed by atoms with van der Waals surface area (Å²) in [4.78, 5) is 22.5. The highest BCUT2D eigenvalue weighted by Crippen LogP contribution is 2.34. The van der Waals surface area contributed by atoms with E-state index in [2.05, 4.69) is 10.5 Å². The summed E-state index contributed by atoms with van der Waals surface area (Å²) >= 11 is 11.8. The van der Waals surface area contributed by atoms with Crippen LogP contribution in [0.4, 0.5) is 5.69 Å². The summed E-state index contributed by atoms with van der Waals surface area (Å²) in [5.41, 5.74) is 3.01. The van der Waals surface area contributed by atoms with Crippen LogP contribution in [0.5, 0.6) is 5.75 Å². The Hall–Kier alpha value is -3.36. The molecule has 2 aromatic carbocycles. The van der Waals surface area contributed by atoms with Crippen molar-refractivity contribution in [2.45, 2.75) is 0 Å².